The topological polar surface area (TPSA) is 59.6 Å². The van der Waals surface area contributed by atoms with E-state index in [0.29, 0.717) is 30.4 Å². The number of carbonyl (C=O) groups is 1. The molecule has 1 unspecified atom stereocenters. The van der Waals surface area contributed by atoms with Gasteiger partial charge in [0.1, 0.15) is 0 Å². The van der Waals surface area contributed by atoms with E-state index in [1.54, 1.807) is 6.07 Å². The summed E-state index contributed by atoms with van der Waals surface area (Å²) in [6, 6.07) is 15.2. The standard InChI is InChI=1S/C20H24N2O3/c1-3-20(2,15-8-5-4-6-9-15)22-19(23)21-16-10-11-17-18(14-16)25-13-7-12-24-17/h4-6,8-11,14H,3,7,12-13H2,1-2H3,(H2,21,22,23). The summed E-state index contributed by atoms with van der Waals surface area (Å²) in [5.74, 6) is 1.38. The van der Waals surface area contributed by atoms with Gasteiger partial charge in [0.05, 0.1) is 18.8 Å². The number of fused-ring (bicyclic) bond motifs is 1. The highest BCUT2D eigenvalue weighted by Gasteiger charge is 2.26. The Morgan fingerprint density at radius 1 is 1.08 bits per heavy atom. The SMILES string of the molecule is CCC(C)(NC(=O)Nc1ccc2c(c1)OCCCO2)c1ccccc1. The molecule has 0 aromatic heterocycles. The molecule has 0 spiro atoms. The van der Waals surface area contributed by atoms with Crippen LogP contribution in [0.3, 0.4) is 0 Å². The van der Waals surface area contributed by atoms with Gasteiger partial charge in [-0.1, -0.05) is 37.3 Å². The second-order valence-electron chi connectivity index (χ2n) is 6.34. The lowest BCUT2D eigenvalue weighted by Crippen LogP contribution is -2.45. The summed E-state index contributed by atoms with van der Waals surface area (Å²) in [7, 11) is 0. The van der Waals surface area contributed by atoms with Crippen molar-refractivity contribution in [2.24, 2.45) is 0 Å². The zero-order valence-corrected chi connectivity index (χ0v) is 14.7. The van der Waals surface area contributed by atoms with Crippen LogP contribution in [0, 0.1) is 0 Å². The van der Waals surface area contributed by atoms with E-state index in [-0.39, 0.29) is 6.03 Å². The lowest BCUT2D eigenvalue weighted by atomic mass is 9.89. The van der Waals surface area contributed by atoms with Crippen LogP contribution in [0.5, 0.6) is 11.5 Å². The van der Waals surface area contributed by atoms with Crippen molar-refractivity contribution in [2.45, 2.75) is 32.2 Å². The molecule has 1 atom stereocenters. The third kappa shape index (κ3) is 4.05. The van der Waals surface area contributed by atoms with Crippen molar-refractivity contribution >= 4 is 11.7 Å². The summed E-state index contributed by atoms with van der Waals surface area (Å²) in [5.41, 5.74) is 1.32. The molecule has 3 rings (SSSR count). The van der Waals surface area contributed by atoms with Gasteiger partial charge in [0.2, 0.25) is 0 Å². The van der Waals surface area contributed by atoms with E-state index in [0.717, 1.165) is 18.4 Å². The van der Waals surface area contributed by atoms with Crippen LogP contribution in [0.15, 0.2) is 48.5 Å². The Kier molecular flexibility index (Phi) is 5.12. The minimum atomic E-state index is -0.434. The molecule has 0 fully saturated rings. The number of ether oxygens (including phenoxy) is 2. The number of hydrogen-bond donors (Lipinski definition) is 2. The normalized spacial score (nSPS) is 15.6. The predicted octanol–water partition coefficient (Wildman–Crippen LogP) is 4.29. The largest absolute Gasteiger partial charge is 0.490 e. The average molecular weight is 340 g/mol. The Hall–Kier alpha value is -2.69. The molecule has 0 radical (unpaired) electrons. The lowest BCUT2D eigenvalue weighted by Gasteiger charge is -2.30. The molecule has 0 saturated carbocycles. The van der Waals surface area contributed by atoms with E-state index in [2.05, 4.69) is 17.6 Å². The highest BCUT2D eigenvalue weighted by atomic mass is 16.5. The third-order valence-corrected chi connectivity index (χ3v) is 4.51. The second-order valence-corrected chi connectivity index (χ2v) is 6.34. The number of anilines is 1. The fraction of sp³-hybridized carbons (Fsp3) is 0.350. The number of urea groups is 1. The summed E-state index contributed by atoms with van der Waals surface area (Å²) in [4.78, 5) is 12.5. The molecule has 1 heterocycles. The first-order chi connectivity index (χ1) is 12.1. The zero-order valence-electron chi connectivity index (χ0n) is 14.7. The molecule has 2 aromatic carbocycles. The second kappa shape index (κ2) is 7.47. The first-order valence-electron chi connectivity index (χ1n) is 8.65. The van der Waals surface area contributed by atoms with Crippen LogP contribution >= 0.6 is 0 Å². The van der Waals surface area contributed by atoms with Gasteiger partial charge in [-0.2, -0.15) is 0 Å². The van der Waals surface area contributed by atoms with Gasteiger partial charge in [-0.15, -0.1) is 0 Å². The predicted molar refractivity (Wildman–Crippen MR) is 98.3 cm³/mol. The number of rotatable bonds is 4. The number of hydrogen-bond acceptors (Lipinski definition) is 3. The van der Waals surface area contributed by atoms with E-state index in [9.17, 15) is 4.79 Å². The highest BCUT2D eigenvalue weighted by Crippen LogP contribution is 2.32. The maximum atomic E-state index is 12.5. The van der Waals surface area contributed by atoms with Gasteiger partial charge in [-0.3, -0.25) is 0 Å². The number of carbonyl (C=O) groups excluding carboxylic acids is 1. The molecule has 2 N–H and O–H groups in total. The Labute approximate surface area is 148 Å². The van der Waals surface area contributed by atoms with E-state index in [1.165, 1.54) is 0 Å². The van der Waals surface area contributed by atoms with Gasteiger partial charge in [-0.25, -0.2) is 4.79 Å². The van der Waals surface area contributed by atoms with Crippen LogP contribution in [-0.4, -0.2) is 19.2 Å². The minimum Gasteiger partial charge on any atom is -0.490 e. The van der Waals surface area contributed by atoms with Crippen LogP contribution in [0.1, 0.15) is 32.3 Å². The first kappa shape index (κ1) is 17.1. The van der Waals surface area contributed by atoms with Crippen LogP contribution in [-0.2, 0) is 5.54 Å². The summed E-state index contributed by atoms with van der Waals surface area (Å²) < 4.78 is 11.3. The molecule has 2 aromatic rings. The van der Waals surface area contributed by atoms with Crippen molar-refractivity contribution in [3.63, 3.8) is 0 Å². The molecule has 0 saturated heterocycles. The van der Waals surface area contributed by atoms with E-state index in [4.69, 9.17) is 9.47 Å². The van der Waals surface area contributed by atoms with Gasteiger partial charge in [-0.05, 0) is 31.0 Å². The smallest absolute Gasteiger partial charge is 0.319 e. The van der Waals surface area contributed by atoms with E-state index < -0.39 is 5.54 Å². The quantitative estimate of drug-likeness (QED) is 0.872. The molecular formula is C20H24N2O3. The summed E-state index contributed by atoms with van der Waals surface area (Å²) >= 11 is 0. The molecule has 5 nitrogen and oxygen atoms in total. The molecule has 132 valence electrons. The van der Waals surface area contributed by atoms with Crippen molar-refractivity contribution in [3.8, 4) is 11.5 Å². The van der Waals surface area contributed by atoms with E-state index in [1.807, 2.05) is 49.4 Å². The Morgan fingerprint density at radius 2 is 1.80 bits per heavy atom. The summed E-state index contributed by atoms with van der Waals surface area (Å²) in [6.45, 7) is 5.34. The van der Waals surface area contributed by atoms with Crippen LogP contribution in [0.2, 0.25) is 0 Å². The van der Waals surface area contributed by atoms with Crippen LogP contribution in [0.4, 0.5) is 10.5 Å². The minimum absolute atomic E-state index is 0.248. The molecular weight excluding hydrogens is 316 g/mol. The summed E-state index contributed by atoms with van der Waals surface area (Å²) in [5, 5.41) is 5.96. The Balaban J connectivity index is 1.71. The van der Waals surface area contributed by atoms with Gasteiger partial charge < -0.3 is 20.1 Å². The highest BCUT2D eigenvalue weighted by molar-refractivity contribution is 5.90. The van der Waals surface area contributed by atoms with Crippen LogP contribution in [0.25, 0.3) is 0 Å². The van der Waals surface area contributed by atoms with Crippen LogP contribution < -0.4 is 20.1 Å². The average Bonchev–Trinajstić information content (AvgIpc) is 2.87. The van der Waals surface area contributed by atoms with E-state index >= 15 is 0 Å². The van der Waals surface area contributed by atoms with Gasteiger partial charge in [0, 0.05) is 18.2 Å². The Morgan fingerprint density at radius 3 is 2.52 bits per heavy atom. The molecule has 1 aliphatic rings. The van der Waals surface area contributed by atoms with Crippen molar-refractivity contribution in [2.75, 3.05) is 18.5 Å². The number of benzene rings is 2. The maximum Gasteiger partial charge on any atom is 0.319 e. The van der Waals surface area contributed by atoms with Crippen molar-refractivity contribution in [3.05, 3.63) is 54.1 Å². The fourth-order valence-corrected chi connectivity index (χ4v) is 2.82. The molecule has 0 bridgehead atoms. The summed E-state index contributed by atoms with van der Waals surface area (Å²) in [6.07, 6.45) is 1.63. The van der Waals surface area contributed by atoms with Crippen molar-refractivity contribution in [1.29, 1.82) is 0 Å². The van der Waals surface area contributed by atoms with Crippen molar-refractivity contribution < 1.29 is 14.3 Å². The molecule has 1 aliphatic heterocycles. The first-order valence-corrected chi connectivity index (χ1v) is 8.65. The maximum absolute atomic E-state index is 12.5. The number of nitrogens with one attached hydrogen (secondary N) is 2. The monoisotopic (exact) mass is 340 g/mol. The van der Waals surface area contributed by atoms with Gasteiger partial charge in [0.15, 0.2) is 11.5 Å². The van der Waals surface area contributed by atoms with Gasteiger partial charge >= 0.3 is 6.03 Å². The molecule has 5 heteroatoms. The zero-order chi connectivity index (χ0) is 17.7. The molecule has 25 heavy (non-hydrogen) atoms. The number of amides is 2. The third-order valence-electron chi connectivity index (χ3n) is 4.51. The molecule has 2 amide bonds. The van der Waals surface area contributed by atoms with Crippen molar-refractivity contribution in [1.82, 2.24) is 5.32 Å². The lowest BCUT2D eigenvalue weighted by molar-refractivity contribution is 0.238. The molecule has 0 aliphatic carbocycles. The van der Waals surface area contributed by atoms with Gasteiger partial charge in [0.25, 0.3) is 0 Å². The Bertz CT molecular complexity index is 733. The fourth-order valence-electron chi connectivity index (χ4n) is 2.82.